The molecule has 4 rings (SSSR count). The van der Waals surface area contributed by atoms with Crippen LogP contribution in [0.2, 0.25) is 0 Å². The highest BCUT2D eigenvalue weighted by Gasteiger charge is 2.74. The largest absolute Gasteiger partial charge is 0.466 e. The van der Waals surface area contributed by atoms with Gasteiger partial charge < -0.3 is 44.1 Å². The van der Waals surface area contributed by atoms with Gasteiger partial charge in [0.1, 0.15) is 35.4 Å². The van der Waals surface area contributed by atoms with Crippen LogP contribution in [0.3, 0.4) is 0 Å². The lowest BCUT2D eigenvalue weighted by Gasteiger charge is -2.56. The number of methoxy groups -OCH3 is 2. The molecule has 2 aliphatic carbocycles. The SMILES string of the molecule is COC(=O)C1=CC[C@@]23CC[C@@H]([C@@](C)(/C=C/C=C(\C)C(=O)OC)OC2=O)[C@@]3(O[C@@H]2O[C@H](CO)[C@@H](O)[C@H](O)[C@H]2O)CC1. The van der Waals surface area contributed by atoms with Gasteiger partial charge in [0.05, 0.1) is 26.4 Å². The van der Waals surface area contributed by atoms with Crippen LogP contribution in [0, 0.1) is 11.3 Å². The fourth-order valence-corrected chi connectivity index (χ4v) is 6.76. The quantitative estimate of drug-likeness (QED) is 0.143. The second kappa shape index (κ2) is 11.3. The maximum atomic E-state index is 13.9. The highest BCUT2D eigenvalue weighted by atomic mass is 16.7. The van der Waals surface area contributed by atoms with Crippen LogP contribution in [0.4, 0.5) is 0 Å². The Kier molecular flexibility index (Phi) is 8.61. The van der Waals surface area contributed by atoms with Crippen molar-refractivity contribution in [3.05, 3.63) is 35.5 Å². The van der Waals surface area contributed by atoms with Gasteiger partial charge in [-0.05, 0) is 52.0 Å². The summed E-state index contributed by atoms with van der Waals surface area (Å²) in [5.74, 6) is -2.11. The summed E-state index contributed by atoms with van der Waals surface area (Å²) in [6.07, 6.45) is 0.0674. The number of esters is 3. The Labute approximate surface area is 232 Å². The molecule has 2 saturated heterocycles. The third kappa shape index (κ3) is 4.80. The lowest BCUT2D eigenvalue weighted by Crippen LogP contribution is -2.68. The van der Waals surface area contributed by atoms with Crippen molar-refractivity contribution < 1.29 is 58.5 Å². The van der Waals surface area contributed by atoms with Crippen LogP contribution in [0.1, 0.15) is 46.0 Å². The zero-order valence-electron chi connectivity index (χ0n) is 23.1. The number of hydrogen-bond acceptors (Lipinski definition) is 12. The van der Waals surface area contributed by atoms with Gasteiger partial charge in [0, 0.05) is 17.1 Å². The van der Waals surface area contributed by atoms with Crippen molar-refractivity contribution in [3.63, 3.8) is 0 Å². The van der Waals surface area contributed by atoms with Crippen molar-refractivity contribution >= 4 is 17.9 Å². The van der Waals surface area contributed by atoms with Crippen LogP contribution in [0.5, 0.6) is 0 Å². The van der Waals surface area contributed by atoms with Crippen LogP contribution in [0.25, 0.3) is 0 Å². The molecule has 4 aliphatic rings. The molecule has 12 nitrogen and oxygen atoms in total. The highest BCUT2D eigenvalue weighted by Crippen LogP contribution is 2.66. The second-order valence-corrected chi connectivity index (χ2v) is 11.1. The molecular formula is C28H38O12. The van der Waals surface area contributed by atoms with E-state index in [0.29, 0.717) is 24.0 Å². The average Bonchev–Trinajstić information content (AvgIpc) is 3.09. The Bertz CT molecular complexity index is 1110. The standard InChI is InChI=1S/C28H38O12/c1-15(22(33)36-3)6-5-10-26(2)18-9-12-27(25(35)40-26)11-7-16(23(34)37-4)8-13-28(18,27)39-24-21(32)20(31)19(30)17(14-29)38-24/h5-7,10,17-21,24,29-32H,8-9,11-14H2,1-4H3/b10-5+,15-6+/t17-,18+,19-,20+,21-,24+,26-,27-,28+/m1/s1. The van der Waals surface area contributed by atoms with E-state index in [1.165, 1.54) is 20.3 Å². The molecule has 0 aromatic rings. The van der Waals surface area contributed by atoms with Gasteiger partial charge in [-0.25, -0.2) is 9.59 Å². The van der Waals surface area contributed by atoms with Gasteiger partial charge in [0.2, 0.25) is 0 Å². The zero-order valence-corrected chi connectivity index (χ0v) is 23.1. The van der Waals surface area contributed by atoms with Gasteiger partial charge in [-0.2, -0.15) is 0 Å². The molecule has 40 heavy (non-hydrogen) atoms. The molecule has 1 saturated carbocycles. The van der Waals surface area contributed by atoms with Gasteiger partial charge in [0.15, 0.2) is 6.29 Å². The Hall–Kier alpha value is -2.61. The molecular weight excluding hydrogens is 528 g/mol. The van der Waals surface area contributed by atoms with Crippen molar-refractivity contribution in [1.29, 1.82) is 0 Å². The van der Waals surface area contributed by atoms with Gasteiger partial charge in [0.25, 0.3) is 0 Å². The van der Waals surface area contributed by atoms with E-state index in [1.54, 1.807) is 32.1 Å². The van der Waals surface area contributed by atoms with Crippen LogP contribution >= 0.6 is 0 Å². The predicted octanol–water partition coefficient (Wildman–Crippen LogP) is 0.212. The predicted molar refractivity (Wildman–Crippen MR) is 136 cm³/mol. The zero-order chi connectivity index (χ0) is 29.5. The molecule has 2 aliphatic heterocycles. The van der Waals surface area contributed by atoms with Crippen LogP contribution in [0.15, 0.2) is 35.5 Å². The average molecular weight is 567 g/mol. The Morgan fingerprint density at radius 1 is 1.12 bits per heavy atom. The van der Waals surface area contributed by atoms with Gasteiger partial charge in [-0.1, -0.05) is 18.2 Å². The second-order valence-electron chi connectivity index (χ2n) is 11.1. The Morgan fingerprint density at radius 2 is 1.85 bits per heavy atom. The maximum absolute atomic E-state index is 13.9. The summed E-state index contributed by atoms with van der Waals surface area (Å²) in [5.41, 5.74) is -3.12. The van der Waals surface area contributed by atoms with Gasteiger partial charge in [-0.15, -0.1) is 0 Å². The molecule has 4 N–H and O–H groups in total. The Morgan fingerprint density at radius 3 is 2.50 bits per heavy atom. The highest BCUT2D eigenvalue weighted by molar-refractivity contribution is 5.89. The number of rotatable bonds is 7. The minimum absolute atomic E-state index is 0.103. The minimum atomic E-state index is -1.69. The van der Waals surface area contributed by atoms with Crippen LogP contribution < -0.4 is 0 Å². The lowest BCUT2D eigenvalue weighted by atomic mass is 9.62. The number of aliphatic hydroxyl groups excluding tert-OH is 4. The summed E-state index contributed by atoms with van der Waals surface area (Å²) < 4.78 is 28.0. The maximum Gasteiger partial charge on any atom is 0.333 e. The first-order valence-electron chi connectivity index (χ1n) is 13.3. The molecule has 2 heterocycles. The van der Waals surface area contributed by atoms with Crippen LogP contribution in [-0.4, -0.2) is 101 Å². The third-order valence-electron chi connectivity index (χ3n) is 8.99. The normalized spacial score (nSPS) is 41.5. The van der Waals surface area contributed by atoms with E-state index in [4.69, 9.17) is 23.7 Å². The van der Waals surface area contributed by atoms with E-state index < -0.39 is 77.8 Å². The first-order valence-corrected chi connectivity index (χ1v) is 13.3. The summed E-state index contributed by atoms with van der Waals surface area (Å²) >= 11 is 0. The molecule has 12 heteroatoms. The number of carbonyl (C=O) groups excluding carboxylic acids is 3. The molecule has 0 aromatic heterocycles. The number of ether oxygens (including phenoxy) is 5. The molecule has 0 aromatic carbocycles. The fraction of sp³-hybridized carbons (Fsp3) is 0.679. The van der Waals surface area contributed by atoms with Crippen molar-refractivity contribution in [1.82, 2.24) is 0 Å². The van der Waals surface area contributed by atoms with Crippen molar-refractivity contribution in [3.8, 4) is 0 Å². The number of aliphatic hydroxyl groups is 4. The van der Waals surface area contributed by atoms with E-state index >= 15 is 0 Å². The minimum Gasteiger partial charge on any atom is -0.466 e. The molecule has 2 bridgehead atoms. The summed E-state index contributed by atoms with van der Waals surface area (Å²) in [5, 5.41) is 41.3. The third-order valence-corrected chi connectivity index (χ3v) is 8.99. The lowest BCUT2D eigenvalue weighted by molar-refractivity contribution is -0.354. The molecule has 0 spiro atoms. The molecule has 0 radical (unpaired) electrons. The van der Waals surface area contributed by atoms with Crippen molar-refractivity contribution in [2.75, 3.05) is 20.8 Å². The fourth-order valence-electron chi connectivity index (χ4n) is 6.76. The summed E-state index contributed by atoms with van der Waals surface area (Å²) in [6.45, 7) is 2.66. The number of allylic oxidation sites excluding steroid dienone is 3. The topological polar surface area (TPSA) is 178 Å². The molecule has 3 fully saturated rings. The monoisotopic (exact) mass is 566 g/mol. The van der Waals surface area contributed by atoms with Gasteiger partial charge >= 0.3 is 17.9 Å². The number of cyclic esters (lactones) is 1. The first-order chi connectivity index (χ1) is 18.9. The van der Waals surface area contributed by atoms with Crippen molar-refractivity contribution in [2.24, 2.45) is 11.3 Å². The van der Waals surface area contributed by atoms with Crippen molar-refractivity contribution in [2.45, 2.75) is 87.9 Å². The molecule has 0 unspecified atom stereocenters. The summed E-state index contributed by atoms with van der Waals surface area (Å²) in [7, 11) is 2.54. The van der Waals surface area contributed by atoms with E-state index in [1.807, 2.05) is 0 Å². The van der Waals surface area contributed by atoms with E-state index in [9.17, 15) is 34.8 Å². The van der Waals surface area contributed by atoms with Crippen LogP contribution in [-0.2, 0) is 38.1 Å². The van der Waals surface area contributed by atoms with E-state index in [-0.39, 0.29) is 19.3 Å². The van der Waals surface area contributed by atoms with E-state index in [0.717, 1.165) is 0 Å². The van der Waals surface area contributed by atoms with E-state index in [2.05, 4.69) is 0 Å². The molecule has 0 amide bonds. The summed E-state index contributed by atoms with van der Waals surface area (Å²) in [4.78, 5) is 38.2. The summed E-state index contributed by atoms with van der Waals surface area (Å²) in [6, 6.07) is 0. The first kappa shape index (κ1) is 30.4. The smallest absolute Gasteiger partial charge is 0.333 e. The Balaban J connectivity index is 1.78. The number of hydrogen-bond donors (Lipinski definition) is 4. The van der Waals surface area contributed by atoms with Gasteiger partial charge in [-0.3, -0.25) is 4.79 Å². The number of carbonyl (C=O) groups is 3. The molecule has 9 atom stereocenters. The molecule has 222 valence electrons.